The number of nitrogens with one attached hydrogen (secondary N) is 1. The highest BCUT2D eigenvalue weighted by Crippen LogP contribution is 2.22. The molecule has 6 heteroatoms. The highest BCUT2D eigenvalue weighted by molar-refractivity contribution is 7.13. The summed E-state index contributed by atoms with van der Waals surface area (Å²) in [5.74, 6) is -0.241. The van der Waals surface area contributed by atoms with E-state index in [1.165, 1.54) is 18.4 Å². The van der Waals surface area contributed by atoms with Crippen LogP contribution in [-0.2, 0) is 16.0 Å². The number of hydrogen-bond donors (Lipinski definition) is 1. The number of anilines is 2. The van der Waals surface area contributed by atoms with Crippen LogP contribution >= 0.6 is 11.3 Å². The fourth-order valence-electron chi connectivity index (χ4n) is 1.60. The van der Waals surface area contributed by atoms with Crippen LogP contribution in [0.15, 0.2) is 29.6 Å². The lowest BCUT2D eigenvalue weighted by atomic mass is 10.2. The van der Waals surface area contributed by atoms with E-state index in [1.54, 1.807) is 12.1 Å². The van der Waals surface area contributed by atoms with E-state index in [0.29, 0.717) is 18.4 Å². The Labute approximate surface area is 120 Å². The number of nitriles is 1. The number of methoxy groups -OCH3 is 1. The highest BCUT2D eigenvalue weighted by atomic mass is 32.1. The van der Waals surface area contributed by atoms with Crippen LogP contribution in [0.4, 0.5) is 10.8 Å². The zero-order valence-electron chi connectivity index (χ0n) is 10.9. The third kappa shape index (κ3) is 3.80. The van der Waals surface area contributed by atoms with Crippen LogP contribution in [0.25, 0.3) is 0 Å². The second-order valence-electron chi connectivity index (χ2n) is 4.04. The van der Waals surface area contributed by atoms with E-state index in [2.05, 4.69) is 21.1 Å². The molecule has 0 fully saturated rings. The SMILES string of the molecule is COC(=O)CCc1csc(Nc2cccc(C#N)c2)n1. The minimum atomic E-state index is -0.241. The summed E-state index contributed by atoms with van der Waals surface area (Å²) < 4.78 is 4.59. The van der Waals surface area contributed by atoms with Crippen LogP contribution in [0, 0.1) is 11.3 Å². The van der Waals surface area contributed by atoms with Gasteiger partial charge in [-0.1, -0.05) is 6.07 Å². The molecule has 0 aliphatic heterocycles. The Morgan fingerprint density at radius 1 is 1.55 bits per heavy atom. The number of hydrogen-bond acceptors (Lipinski definition) is 6. The van der Waals surface area contributed by atoms with E-state index in [0.717, 1.165) is 16.5 Å². The van der Waals surface area contributed by atoms with Gasteiger partial charge in [0.15, 0.2) is 5.13 Å². The summed E-state index contributed by atoms with van der Waals surface area (Å²) in [4.78, 5) is 15.4. The number of esters is 1. The van der Waals surface area contributed by atoms with Gasteiger partial charge < -0.3 is 10.1 Å². The summed E-state index contributed by atoms with van der Waals surface area (Å²) in [7, 11) is 1.37. The molecule has 0 aliphatic rings. The maximum Gasteiger partial charge on any atom is 0.305 e. The number of rotatable bonds is 5. The minimum absolute atomic E-state index is 0.241. The van der Waals surface area contributed by atoms with Gasteiger partial charge in [0.05, 0.1) is 30.9 Å². The molecular formula is C14H13N3O2S. The Morgan fingerprint density at radius 2 is 2.40 bits per heavy atom. The molecule has 0 bridgehead atoms. The predicted molar refractivity (Wildman–Crippen MR) is 76.9 cm³/mol. The Bertz CT molecular complexity index is 646. The summed E-state index contributed by atoms with van der Waals surface area (Å²) in [6.07, 6.45) is 0.882. The van der Waals surface area contributed by atoms with Crippen molar-refractivity contribution in [3.63, 3.8) is 0 Å². The summed E-state index contributed by atoms with van der Waals surface area (Å²) in [5, 5.41) is 14.6. The van der Waals surface area contributed by atoms with E-state index in [9.17, 15) is 4.79 Å². The lowest BCUT2D eigenvalue weighted by Crippen LogP contribution is -2.02. The van der Waals surface area contributed by atoms with E-state index in [1.807, 2.05) is 17.5 Å². The zero-order chi connectivity index (χ0) is 14.4. The number of thiazole rings is 1. The molecule has 20 heavy (non-hydrogen) atoms. The van der Waals surface area contributed by atoms with Crippen LogP contribution in [0.2, 0.25) is 0 Å². The van der Waals surface area contributed by atoms with Gasteiger partial charge in [-0.2, -0.15) is 5.26 Å². The van der Waals surface area contributed by atoms with Crippen molar-refractivity contribution in [2.75, 3.05) is 12.4 Å². The molecule has 0 saturated carbocycles. The Kier molecular flexibility index (Phi) is 4.69. The highest BCUT2D eigenvalue weighted by Gasteiger charge is 2.06. The lowest BCUT2D eigenvalue weighted by molar-refractivity contribution is -0.140. The number of aromatic nitrogens is 1. The van der Waals surface area contributed by atoms with Gasteiger partial charge in [0.25, 0.3) is 0 Å². The molecule has 5 nitrogen and oxygen atoms in total. The first kappa shape index (κ1) is 14.0. The van der Waals surface area contributed by atoms with Crippen molar-refractivity contribution < 1.29 is 9.53 Å². The molecule has 1 heterocycles. The van der Waals surface area contributed by atoms with Gasteiger partial charge in [-0.25, -0.2) is 4.98 Å². The first-order valence-electron chi connectivity index (χ1n) is 5.99. The van der Waals surface area contributed by atoms with Crippen LogP contribution in [0.1, 0.15) is 17.7 Å². The fourth-order valence-corrected chi connectivity index (χ4v) is 2.37. The van der Waals surface area contributed by atoms with E-state index in [4.69, 9.17) is 5.26 Å². The van der Waals surface area contributed by atoms with E-state index in [-0.39, 0.29) is 5.97 Å². The fraction of sp³-hybridized carbons (Fsp3) is 0.214. The maximum absolute atomic E-state index is 11.1. The lowest BCUT2D eigenvalue weighted by Gasteiger charge is -2.02. The van der Waals surface area contributed by atoms with E-state index < -0.39 is 0 Å². The molecule has 0 atom stereocenters. The quantitative estimate of drug-likeness (QED) is 0.856. The van der Waals surface area contributed by atoms with Crippen LogP contribution < -0.4 is 5.32 Å². The number of nitrogens with zero attached hydrogens (tertiary/aromatic N) is 2. The van der Waals surface area contributed by atoms with Gasteiger partial charge in [0.2, 0.25) is 0 Å². The second-order valence-corrected chi connectivity index (χ2v) is 4.90. The zero-order valence-corrected chi connectivity index (χ0v) is 11.7. The third-order valence-corrected chi connectivity index (χ3v) is 3.41. The van der Waals surface area contributed by atoms with Crippen LogP contribution in [-0.4, -0.2) is 18.1 Å². The van der Waals surface area contributed by atoms with Crippen molar-refractivity contribution in [1.29, 1.82) is 5.26 Å². The van der Waals surface area contributed by atoms with Gasteiger partial charge >= 0.3 is 5.97 Å². The molecule has 2 aromatic rings. The predicted octanol–water partition coefficient (Wildman–Crippen LogP) is 2.86. The smallest absolute Gasteiger partial charge is 0.305 e. The van der Waals surface area contributed by atoms with Crippen molar-refractivity contribution in [3.05, 3.63) is 40.9 Å². The van der Waals surface area contributed by atoms with Gasteiger partial charge in [-0.15, -0.1) is 11.3 Å². The van der Waals surface area contributed by atoms with Crippen LogP contribution in [0.3, 0.4) is 0 Å². The topological polar surface area (TPSA) is 75.0 Å². The second kappa shape index (κ2) is 6.68. The maximum atomic E-state index is 11.1. The monoisotopic (exact) mass is 287 g/mol. The average Bonchev–Trinajstić information content (AvgIpc) is 2.92. The first-order chi connectivity index (χ1) is 9.71. The minimum Gasteiger partial charge on any atom is -0.469 e. The average molecular weight is 287 g/mol. The number of ether oxygens (including phenoxy) is 1. The summed E-state index contributed by atoms with van der Waals surface area (Å²) in [6, 6.07) is 9.28. The molecular weight excluding hydrogens is 274 g/mol. The Balaban J connectivity index is 1.98. The van der Waals surface area contributed by atoms with Gasteiger partial charge in [-0.05, 0) is 18.2 Å². The summed E-state index contributed by atoms with van der Waals surface area (Å²) >= 11 is 1.46. The molecule has 0 aliphatic carbocycles. The largest absolute Gasteiger partial charge is 0.469 e. The van der Waals surface area contributed by atoms with Crippen molar-refractivity contribution in [1.82, 2.24) is 4.98 Å². The summed E-state index contributed by atoms with van der Waals surface area (Å²) in [6.45, 7) is 0. The first-order valence-corrected chi connectivity index (χ1v) is 6.87. The summed E-state index contributed by atoms with van der Waals surface area (Å²) in [5.41, 5.74) is 2.26. The number of aryl methyl sites for hydroxylation is 1. The molecule has 1 aromatic heterocycles. The normalized spacial score (nSPS) is 9.80. The van der Waals surface area contributed by atoms with Gasteiger partial charge in [-0.3, -0.25) is 4.79 Å². The molecule has 1 N–H and O–H groups in total. The Hall–Kier alpha value is -2.39. The third-order valence-electron chi connectivity index (χ3n) is 2.61. The number of carbonyl (C=O) groups excluding carboxylic acids is 1. The molecule has 1 aromatic carbocycles. The van der Waals surface area contributed by atoms with E-state index >= 15 is 0 Å². The standard InChI is InChI=1S/C14H13N3O2S/c1-19-13(18)6-5-12-9-20-14(17-12)16-11-4-2-3-10(7-11)8-15/h2-4,7,9H,5-6H2,1H3,(H,16,17). The molecule has 0 unspecified atom stereocenters. The van der Waals surface area contributed by atoms with Crippen LogP contribution in [0.5, 0.6) is 0 Å². The number of benzene rings is 1. The van der Waals surface area contributed by atoms with Gasteiger partial charge in [0, 0.05) is 17.5 Å². The van der Waals surface area contributed by atoms with Crippen molar-refractivity contribution in [2.24, 2.45) is 0 Å². The molecule has 102 valence electrons. The van der Waals surface area contributed by atoms with Crippen molar-refractivity contribution in [2.45, 2.75) is 12.8 Å². The molecule has 2 rings (SSSR count). The number of carbonyl (C=O) groups is 1. The molecule has 0 saturated heterocycles. The Morgan fingerprint density at radius 3 is 3.15 bits per heavy atom. The van der Waals surface area contributed by atoms with Gasteiger partial charge in [0.1, 0.15) is 0 Å². The molecule has 0 radical (unpaired) electrons. The van der Waals surface area contributed by atoms with Crippen molar-refractivity contribution >= 4 is 28.1 Å². The van der Waals surface area contributed by atoms with Crippen molar-refractivity contribution in [3.8, 4) is 6.07 Å². The molecule has 0 spiro atoms. The molecule has 0 amide bonds.